The topological polar surface area (TPSA) is 75.6 Å². The Hall–Kier alpha value is -0.460. The molecule has 0 unspecified atom stereocenters. The fourth-order valence-corrected chi connectivity index (χ4v) is 3.91. The zero-order valence-electron chi connectivity index (χ0n) is 11.9. The van der Waals surface area contributed by atoms with Crippen LogP contribution in [0.1, 0.15) is 46.5 Å². The zero-order valence-corrected chi connectivity index (χ0v) is 12.8. The van der Waals surface area contributed by atoms with Gasteiger partial charge in [-0.2, -0.15) is 0 Å². The Kier molecular flexibility index (Phi) is 4.05. The Morgan fingerprint density at radius 3 is 2.32 bits per heavy atom. The van der Waals surface area contributed by atoms with E-state index in [4.69, 9.17) is 5.11 Å². The van der Waals surface area contributed by atoms with Crippen LogP contribution in [0, 0.1) is 5.41 Å². The summed E-state index contributed by atoms with van der Waals surface area (Å²) in [6.45, 7) is 7.11. The van der Waals surface area contributed by atoms with Gasteiger partial charge in [0.2, 0.25) is 0 Å². The summed E-state index contributed by atoms with van der Waals surface area (Å²) in [5.41, 5.74) is 0.173. The van der Waals surface area contributed by atoms with E-state index < -0.39 is 17.5 Å². The molecule has 1 saturated heterocycles. The first-order valence-electron chi connectivity index (χ1n) is 6.90. The molecular formula is C13H24N2O3S. The standard InChI is InChI=1S/C13H24N2O3S/c1-12(2,3)19(18)14-10-4-5-13(10)6-8-15(9-7-13)11(16)17/h10,14H,4-9H2,1-3H3,(H,16,17)/t10-,19-/m0/s1. The summed E-state index contributed by atoms with van der Waals surface area (Å²) < 4.78 is 15.2. The third kappa shape index (κ3) is 3.01. The number of piperidine rings is 1. The van der Waals surface area contributed by atoms with Gasteiger partial charge in [0.15, 0.2) is 0 Å². The van der Waals surface area contributed by atoms with E-state index in [2.05, 4.69) is 4.72 Å². The minimum Gasteiger partial charge on any atom is -0.598 e. The van der Waals surface area contributed by atoms with Crippen LogP contribution in [0.4, 0.5) is 4.79 Å². The highest BCUT2D eigenvalue weighted by atomic mass is 32.2. The van der Waals surface area contributed by atoms with Crippen molar-refractivity contribution in [2.24, 2.45) is 5.41 Å². The number of carboxylic acid groups (broad SMARTS) is 1. The van der Waals surface area contributed by atoms with Crippen LogP contribution in [-0.4, -0.2) is 44.5 Å². The van der Waals surface area contributed by atoms with Crippen LogP contribution in [0.15, 0.2) is 0 Å². The second-order valence-electron chi connectivity index (χ2n) is 6.72. The molecule has 2 rings (SSSR count). The molecule has 2 fully saturated rings. The first-order valence-corrected chi connectivity index (χ1v) is 8.05. The van der Waals surface area contributed by atoms with Gasteiger partial charge in [-0.15, -0.1) is 4.72 Å². The van der Waals surface area contributed by atoms with E-state index in [9.17, 15) is 9.35 Å². The molecule has 1 spiro atoms. The van der Waals surface area contributed by atoms with Gasteiger partial charge < -0.3 is 14.6 Å². The SMILES string of the molecule is CC(C)(C)[S@+]([O-])N[C@H]1CCC12CCN(C(=O)O)CC2. The van der Waals surface area contributed by atoms with E-state index in [1.54, 1.807) is 0 Å². The minimum absolute atomic E-state index is 0.173. The van der Waals surface area contributed by atoms with Gasteiger partial charge in [-0.25, -0.2) is 4.79 Å². The normalized spacial score (nSPS) is 28.0. The lowest BCUT2D eigenvalue weighted by molar-refractivity contribution is 0.00666. The monoisotopic (exact) mass is 288 g/mol. The number of nitrogens with zero attached hydrogens (tertiary/aromatic N) is 1. The molecule has 1 aliphatic heterocycles. The van der Waals surface area contributed by atoms with Crippen LogP contribution in [0.25, 0.3) is 0 Å². The Balaban J connectivity index is 1.91. The van der Waals surface area contributed by atoms with Crippen molar-refractivity contribution in [2.75, 3.05) is 13.1 Å². The van der Waals surface area contributed by atoms with Gasteiger partial charge in [0, 0.05) is 24.5 Å². The molecule has 2 aliphatic rings. The van der Waals surface area contributed by atoms with E-state index in [1.165, 1.54) is 4.90 Å². The summed E-state index contributed by atoms with van der Waals surface area (Å²) in [4.78, 5) is 12.4. The van der Waals surface area contributed by atoms with Crippen LogP contribution >= 0.6 is 0 Å². The largest absolute Gasteiger partial charge is 0.598 e. The third-order valence-corrected chi connectivity index (χ3v) is 6.12. The van der Waals surface area contributed by atoms with Gasteiger partial charge in [-0.3, -0.25) is 0 Å². The Morgan fingerprint density at radius 1 is 1.37 bits per heavy atom. The average molecular weight is 288 g/mol. The van der Waals surface area contributed by atoms with Gasteiger partial charge in [0.05, 0.1) is 6.04 Å². The van der Waals surface area contributed by atoms with Crippen LogP contribution in [0.3, 0.4) is 0 Å². The maximum atomic E-state index is 12.2. The first kappa shape index (κ1) is 14.9. The minimum atomic E-state index is -1.04. The van der Waals surface area contributed by atoms with Crippen LogP contribution in [0.5, 0.6) is 0 Å². The van der Waals surface area contributed by atoms with Crippen molar-refractivity contribution in [2.45, 2.75) is 57.2 Å². The lowest BCUT2D eigenvalue weighted by Gasteiger charge is -2.53. The molecule has 110 valence electrons. The molecule has 0 bridgehead atoms. The molecule has 1 amide bonds. The highest BCUT2D eigenvalue weighted by Crippen LogP contribution is 2.49. The smallest absolute Gasteiger partial charge is 0.407 e. The average Bonchev–Trinajstić information content (AvgIpc) is 2.33. The van der Waals surface area contributed by atoms with E-state index in [0.29, 0.717) is 13.1 Å². The lowest BCUT2D eigenvalue weighted by atomic mass is 9.60. The number of amides is 1. The van der Waals surface area contributed by atoms with Gasteiger partial charge >= 0.3 is 6.09 Å². The summed E-state index contributed by atoms with van der Waals surface area (Å²) in [6, 6.07) is 0.281. The molecule has 1 saturated carbocycles. The van der Waals surface area contributed by atoms with Crippen molar-refractivity contribution in [1.82, 2.24) is 9.62 Å². The zero-order chi connectivity index (χ0) is 14.3. The fraction of sp³-hybridized carbons (Fsp3) is 0.923. The van der Waals surface area contributed by atoms with Crippen LogP contribution < -0.4 is 4.72 Å². The first-order chi connectivity index (χ1) is 8.74. The van der Waals surface area contributed by atoms with E-state index in [0.717, 1.165) is 25.7 Å². The molecule has 0 aromatic carbocycles. The summed E-state index contributed by atoms with van der Waals surface area (Å²) in [6.07, 6.45) is 3.13. The quantitative estimate of drug-likeness (QED) is 0.762. The molecule has 0 aromatic heterocycles. The molecule has 0 radical (unpaired) electrons. The highest BCUT2D eigenvalue weighted by molar-refractivity contribution is 7.90. The molecule has 0 aromatic rings. The van der Waals surface area contributed by atoms with E-state index in [-0.39, 0.29) is 16.2 Å². The molecule has 2 N–H and O–H groups in total. The second-order valence-corrected chi connectivity index (χ2v) is 8.72. The van der Waals surface area contributed by atoms with Crippen molar-refractivity contribution < 1.29 is 14.5 Å². The molecule has 6 heteroatoms. The van der Waals surface area contributed by atoms with Crippen LogP contribution in [-0.2, 0) is 11.4 Å². The van der Waals surface area contributed by atoms with Crippen molar-refractivity contribution in [3.8, 4) is 0 Å². The summed E-state index contributed by atoms with van der Waals surface area (Å²) in [5.74, 6) is 0. The van der Waals surface area contributed by atoms with E-state index >= 15 is 0 Å². The van der Waals surface area contributed by atoms with Crippen molar-refractivity contribution in [3.05, 3.63) is 0 Å². The molecular weight excluding hydrogens is 264 g/mol. The highest BCUT2D eigenvalue weighted by Gasteiger charge is 2.51. The Bertz CT molecular complexity index is 348. The Labute approximate surface area is 118 Å². The van der Waals surface area contributed by atoms with Crippen molar-refractivity contribution in [3.63, 3.8) is 0 Å². The fourth-order valence-electron chi connectivity index (χ4n) is 2.93. The molecule has 5 nitrogen and oxygen atoms in total. The Morgan fingerprint density at radius 2 is 1.95 bits per heavy atom. The van der Waals surface area contributed by atoms with Crippen molar-refractivity contribution in [1.29, 1.82) is 0 Å². The number of rotatable bonds is 2. The van der Waals surface area contributed by atoms with Gasteiger partial charge in [-0.05, 0) is 51.9 Å². The lowest BCUT2D eigenvalue weighted by Crippen LogP contribution is -2.61. The molecule has 19 heavy (non-hydrogen) atoms. The third-order valence-electron chi connectivity index (χ3n) is 4.51. The molecule has 1 heterocycles. The van der Waals surface area contributed by atoms with Gasteiger partial charge in [0.1, 0.15) is 4.75 Å². The van der Waals surface area contributed by atoms with Gasteiger partial charge in [0.25, 0.3) is 0 Å². The van der Waals surface area contributed by atoms with Crippen molar-refractivity contribution >= 4 is 17.5 Å². The maximum Gasteiger partial charge on any atom is 0.407 e. The summed E-state index contributed by atoms with van der Waals surface area (Å²) in [7, 11) is 0. The predicted molar refractivity (Wildman–Crippen MR) is 75.3 cm³/mol. The number of nitrogens with one attached hydrogen (secondary N) is 1. The summed E-state index contributed by atoms with van der Waals surface area (Å²) >= 11 is -1.04. The van der Waals surface area contributed by atoms with E-state index in [1.807, 2.05) is 20.8 Å². The predicted octanol–water partition coefficient (Wildman–Crippen LogP) is 1.96. The number of carbonyl (C=O) groups is 1. The van der Waals surface area contributed by atoms with Gasteiger partial charge in [-0.1, -0.05) is 0 Å². The number of hydrogen-bond acceptors (Lipinski definition) is 3. The number of likely N-dealkylation sites (tertiary alicyclic amines) is 1. The maximum absolute atomic E-state index is 12.2. The molecule has 2 atom stereocenters. The second kappa shape index (κ2) is 5.14. The molecule has 1 aliphatic carbocycles. The summed E-state index contributed by atoms with van der Waals surface area (Å²) in [5, 5.41) is 8.98. The number of hydrogen-bond donors (Lipinski definition) is 2. The van der Waals surface area contributed by atoms with Crippen LogP contribution in [0.2, 0.25) is 0 Å².